The van der Waals surface area contributed by atoms with Crippen LogP contribution in [0.15, 0.2) is 36.4 Å². The number of sulfonamides is 1. The highest BCUT2D eigenvalue weighted by molar-refractivity contribution is 7.90. The first-order valence-electron chi connectivity index (χ1n) is 17.7. The summed E-state index contributed by atoms with van der Waals surface area (Å²) in [6.45, 7) is 5.86. The molecule has 0 radical (unpaired) electrons. The van der Waals surface area contributed by atoms with Gasteiger partial charge in [-0.2, -0.15) is 0 Å². The lowest BCUT2D eigenvalue weighted by atomic mass is 9.59. The van der Waals surface area contributed by atoms with Gasteiger partial charge in [-0.1, -0.05) is 31.0 Å². The Hall–Kier alpha value is -2.82. The van der Waals surface area contributed by atoms with Crippen LogP contribution in [0.1, 0.15) is 86.7 Å². The molecule has 2 N–H and O–H groups in total. The SMILES string of the molecule is C[C@@H]1[C@@H](C)CCC[C@](O)([C@@H]2CCN(C)C2=O)[C@@H]2CC[C@H]2CN2C[C@@]3(CCCc4cc(Cl)ccc43)COc3ccc(cc32)C(=O)NS1(=O)=O. The minimum Gasteiger partial charge on any atom is -0.490 e. The maximum Gasteiger partial charge on any atom is 0.264 e. The van der Waals surface area contributed by atoms with Gasteiger partial charge in [0, 0.05) is 42.7 Å². The molecule has 1 spiro atoms. The van der Waals surface area contributed by atoms with Gasteiger partial charge in [0.25, 0.3) is 5.91 Å². The third kappa shape index (κ3) is 5.79. The average Bonchev–Trinajstić information content (AvgIpc) is 3.29. The van der Waals surface area contributed by atoms with E-state index >= 15 is 0 Å². The highest BCUT2D eigenvalue weighted by Crippen LogP contribution is 2.52. The van der Waals surface area contributed by atoms with E-state index in [0.717, 1.165) is 37.8 Å². The van der Waals surface area contributed by atoms with E-state index in [0.29, 0.717) is 62.7 Å². The number of amides is 2. The molecule has 3 aliphatic heterocycles. The molecule has 2 bridgehead atoms. The van der Waals surface area contributed by atoms with E-state index in [1.807, 2.05) is 20.0 Å². The van der Waals surface area contributed by atoms with E-state index < -0.39 is 32.7 Å². The fourth-order valence-corrected chi connectivity index (χ4v) is 10.9. The summed E-state index contributed by atoms with van der Waals surface area (Å²) in [5.41, 5.74) is 1.95. The van der Waals surface area contributed by atoms with Crippen LogP contribution in [-0.4, -0.2) is 74.4 Å². The molecule has 5 aliphatic rings. The third-order valence-corrected chi connectivity index (χ3v) is 14.8. The number of hydrogen-bond acceptors (Lipinski definition) is 7. The van der Waals surface area contributed by atoms with Gasteiger partial charge < -0.3 is 19.6 Å². The molecule has 0 unspecified atom stereocenters. The van der Waals surface area contributed by atoms with Crippen LogP contribution < -0.4 is 14.4 Å². The Labute approximate surface area is 289 Å². The molecule has 2 aromatic rings. The van der Waals surface area contributed by atoms with Crippen molar-refractivity contribution in [2.24, 2.45) is 23.7 Å². The molecule has 7 atom stereocenters. The average molecular weight is 698 g/mol. The molecule has 260 valence electrons. The first-order chi connectivity index (χ1) is 22.8. The Bertz CT molecular complexity index is 1720. The predicted molar refractivity (Wildman–Crippen MR) is 186 cm³/mol. The molecule has 2 aromatic carbocycles. The number of aryl methyl sites for hydroxylation is 1. The molecule has 1 saturated heterocycles. The van der Waals surface area contributed by atoms with E-state index in [9.17, 15) is 23.1 Å². The number of rotatable bonds is 1. The zero-order chi connectivity index (χ0) is 34.0. The number of anilines is 1. The monoisotopic (exact) mass is 697 g/mol. The topological polar surface area (TPSA) is 116 Å². The van der Waals surface area contributed by atoms with Crippen LogP contribution in [0.5, 0.6) is 5.75 Å². The number of nitrogens with zero attached hydrogens (tertiary/aromatic N) is 2. The van der Waals surface area contributed by atoms with Gasteiger partial charge in [-0.15, -0.1) is 0 Å². The van der Waals surface area contributed by atoms with Crippen molar-refractivity contribution in [2.75, 3.05) is 38.2 Å². The summed E-state index contributed by atoms with van der Waals surface area (Å²) in [4.78, 5) is 31.0. The van der Waals surface area contributed by atoms with Crippen molar-refractivity contribution in [1.29, 1.82) is 0 Å². The third-order valence-electron chi connectivity index (χ3n) is 12.6. The number of fused-ring (bicyclic) bond motifs is 4. The van der Waals surface area contributed by atoms with E-state index in [1.54, 1.807) is 30.0 Å². The van der Waals surface area contributed by atoms with Crippen molar-refractivity contribution in [3.63, 3.8) is 0 Å². The van der Waals surface area contributed by atoms with Crippen molar-refractivity contribution in [3.05, 3.63) is 58.1 Å². The number of carbonyl (C=O) groups is 2. The first-order valence-corrected chi connectivity index (χ1v) is 19.6. The number of ether oxygens (including phenoxy) is 1. The van der Waals surface area contributed by atoms with E-state index in [2.05, 4.69) is 21.8 Å². The second kappa shape index (κ2) is 12.5. The van der Waals surface area contributed by atoms with Gasteiger partial charge in [0.15, 0.2) is 0 Å². The molecule has 48 heavy (non-hydrogen) atoms. The fourth-order valence-electron chi connectivity index (χ4n) is 9.42. The van der Waals surface area contributed by atoms with Crippen molar-refractivity contribution < 1.29 is 27.9 Å². The molecule has 1 saturated carbocycles. The Morgan fingerprint density at radius 1 is 1.02 bits per heavy atom. The Morgan fingerprint density at radius 2 is 1.83 bits per heavy atom. The van der Waals surface area contributed by atoms with Crippen LogP contribution >= 0.6 is 11.6 Å². The molecular weight excluding hydrogens is 650 g/mol. The summed E-state index contributed by atoms with van der Waals surface area (Å²) in [5.74, 6) is -0.681. The molecule has 9 nitrogen and oxygen atoms in total. The lowest BCUT2D eigenvalue weighted by Gasteiger charge is -2.52. The Balaban J connectivity index is 1.32. The van der Waals surface area contributed by atoms with Crippen LogP contribution in [0.2, 0.25) is 5.02 Å². The maximum absolute atomic E-state index is 13.5. The minimum atomic E-state index is -3.98. The van der Waals surface area contributed by atoms with Crippen molar-refractivity contribution in [1.82, 2.24) is 9.62 Å². The van der Waals surface area contributed by atoms with E-state index in [-0.39, 0.29) is 34.6 Å². The predicted octanol–water partition coefficient (Wildman–Crippen LogP) is 5.32. The van der Waals surface area contributed by atoms with E-state index in [4.69, 9.17) is 16.3 Å². The molecule has 2 aliphatic carbocycles. The van der Waals surface area contributed by atoms with Gasteiger partial charge in [-0.3, -0.25) is 9.59 Å². The molecule has 2 amide bonds. The molecule has 7 rings (SSSR count). The molecule has 0 aromatic heterocycles. The number of halogens is 1. The number of hydrogen-bond donors (Lipinski definition) is 2. The van der Waals surface area contributed by atoms with Gasteiger partial charge in [0.2, 0.25) is 15.9 Å². The van der Waals surface area contributed by atoms with Crippen LogP contribution in [0.3, 0.4) is 0 Å². The van der Waals surface area contributed by atoms with Crippen molar-refractivity contribution in [3.8, 4) is 5.75 Å². The number of likely N-dealkylation sites (tertiary alicyclic amines) is 1. The van der Waals surface area contributed by atoms with E-state index in [1.165, 1.54) is 11.1 Å². The highest BCUT2D eigenvalue weighted by Gasteiger charge is 2.55. The lowest BCUT2D eigenvalue weighted by Crippen LogP contribution is -2.57. The summed E-state index contributed by atoms with van der Waals surface area (Å²) >= 11 is 6.44. The van der Waals surface area contributed by atoms with Crippen LogP contribution in [0.4, 0.5) is 5.69 Å². The minimum absolute atomic E-state index is 0.00107. The standard InChI is InChI=1S/C37H48ClN3O6S/c1-23-6-4-16-37(44,31-14-17-40(3)35(31)43)30-11-8-27(30)20-41-21-36(15-5-7-25-18-28(38)10-12-29(25)36)22-47-33-13-9-26(19-32(33)41)34(42)39-48(45,46)24(23)2/h9-10,12-13,18-19,23-24,27,30-31,44H,4-8,11,14-17,20-22H2,1-3H3,(H,39,42)/t23-,24+,27-,30+,31+,36-,37+/m0/s1. The van der Waals surface area contributed by atoms with Gasteiger partial charge >= 0.3 is 0 Å². The van der Waals surface area contributed by atoms with Gasteiger partial charge in [-0.05, 0) is 118 Å². The first kappa shape index (κ1) is 33.7. The molecule has 11 heteroatoms. The fraction of sp³-hybridized carbons (Fsp3) is 0.622. The summed E-state index contributed by atoms with van der Waals surface area (Å²) < 4.78 is 35.9. The van der Waals surface area contributed by atoms with Gasteiger partial charge in [-0.25, -0.2) is 13.1 Å². The Morgan fingerprint density at radius 3 is 2.56 bits per heavy atom. The smallest absolute Gasteiger partial charge is 0.264 e. The number of benzene rings is 2. The molecular formula is C37H48ClN3O6S. The molecule has 2 fully saturated rings. The molecule has 3 heterocycles. The second-order valence-electron chi connectivity index (χ2n) is 15.4. The van der Waals surface area contributed by atoms with Gasteiger partial charge in [0.05, 0.1) is 29.1 Å². The zero-order valence-corrected chi connectivity index (χ0v) is 29.8. The zero-order valence-electron chi connectivity index (χ0n) is 28.2. The quantitative estimate of drug-likeness (QED) is 0.415. The lowest BCUT2D eigenvalue weighted by molar-refractivity contribution is -0.154. The van der Waals surface area contributed by atoms with Crippen molar-refractivity contribution >= 4 is 39.1 Å². The summed E-state index contributed by atoms with van der Waals surface area (Å²) in [6, 6.07) is 11.3. The number of carbonyl (C=O) groups excluding carboxylic acids is 2. The number of nitrogens with one attached hydrogen (secondary N) is 1. The largest absolute Gasteiger partial charge is 0.490 e. The van der Waals surface area contributed by atoms with Crippen LogP contribution in [-0.2, 0) is 26.7 Å². The maximum atomic E-state index is 13.5. The summed E-state index contributed by atoms with van der Waals surface area (Å²) in [5, 5.41) is 12.6. The highest BCUT2D eigenvalue weighted by atomic mass is 35.5. The van der Waals surface area contributed by atoms with Gasteiger partial charge in [0.1, 0.15) is 5.75 Å². The summed E-state index contributed by atoms with van der Waals surface area (Å²) in [7, 11) is -2.18. The second-order valence-corrected chi connectivity index (χ2v) is 17.8. The normalized spacial score (nSPS) is 35.1. The van der Waals surface area contributed by atoms with Crippen LogP contribution in [0.25, 0.3) is 0 Å². The van der Waals surface area contributed by atoms with Crippen molar-refractivity contribution in [2.45, 2.75) is 87.9 Å². The Kier molecular flexibility index (Phi) is 8.77. The van der Waals surface area contributed by atoms with Crippen LogP contribution in [0, 0.1) is 23.7 Å². The summed E-state index contributed by atoms with van der Waals surface area (Å²) in [6.07, 6.45) is 6.83. The number of aliphatic hydroxyl groups is 1.